The SMILES string of the molecule is OCC1CCCC1CNCC(O)c1cccc(F)c1. The van der Waals surface area contributed by atoms with Crippen molar-refractivity contribution < 1.29 is 14.6 Å². The molecule has 0 heterocycles. The second-order valence-electron chi connectivity index (χ2n) is 5.36. The van der Waals surface area contributed by atoms with E-state index in [0.29, 0.717) is 23.9 Å². The van der Waals surface area contributed by atoms with Crippen LogP contribution in [0.15, 0.2) is 24.3 Å². The lowest BCUT2D eigenvalue weighted by molar-refractivity contribution is 0.162. The standard InChI is InChI=1S/C15H22FNO2/c16-14-6-2-3-11(7-14)15(19)9-17-8-12-4-1-5-13(12)10-18/h2-3,6-7,12-13,15,17-19H,1,4-5,8-10H2. The molecule has 4 heteroatoms. The first-order valence-corrected chi connectivity index (χ1v) is 6.96. The third-order valence-corrected chi connectivity index (χ3v) is 4.03. The van der Waals surface area contributed by atoms with E-state index in [1.54, 1.807) is 12.1 Å². The molecule has 0 saturated heterocycles. The fourth-order valence-electron chi connectivity index (χ4n) is 2.86. The van der Waals surface area contributed by atoms with Crippen molar-refractivity contribution in [2.75, 3.05) is 19.7 Å². The topological polar surface area (TPSA) is 52.5 Å². The highest BCUT2D eigenvalue weighted by Gasteiger charge is 2.26. The summed E-state index contributed by atoms with van der Waals surface area (Å²) >= 11 is 0. The molecule has 1 aliphatic rings. The molecular formula is C15H22FNO2. The number of nitrogens with one attached hydrogen (secondary N) is 1. The van der Waals surface area contributed by atoms with E-state index in [4.69, 9.17) is 0 Å². The van der Waals surface area contributed by atoms with Crippen LogP contribution in [-0.2, 0) is 0 Å². The summed E-state index contributed by atoms with van der Waals surface area (Å²) in [5, 5.41) is 22.4. The van der Waals surface area contributed by atoms with Gasteiger partial charge in [0.1, 0.15) is 5.82 Å². The Morgan fingerprint density at radius 1 is 1.32 bits per heavy atom. The van der Waals surface area contributed by atoms with Crippen LogP contribution < -0.4 is 5.32 Å². The molecule has 1 saturated carbocycles. The molecule has 19 heavy (non-hydrogen) atoms. The summed E-state index contributed by atoms with van der Waals surface area (Å²) in [6.45, 7) is 1.47. The maximum absolute atomic E-state index is 13.0. The van der Waals surface area contributed by atoms with E-state index in [1.165, 1.54) is 18.6 Å². The summed E-state index contributed by atoms with van der Waals surface area (Å²) in [5.74, 6) is 0.552. The third-order valence-electron chi connectivity index (χ3n) is 4.03. The van der Waals surface area contributed by atoms with Crippen LogP contribution in [0.3, 0.4) is 0 Å². The van der Waals surface area contributed by atoms with E-state index in [-0.39, 0.29) is 12.4 Å². The number of hydrogen-bond donors (Lipinski definition) is 3. The highest BCUT2D eigenvalue weighted by molar-refractivity contribution is 5.18. The van der Waals surface area contributed by atoms with Crippen LogP contribution in [0.4, 0.5) is 4.39 Å². The second-order valence-corrected chi connectivity index (χ2v) is 5.36. The van der Waals surface area contributed by atoms with Crippen molar-refractivity contribution in [3.05, 3.63) is 35.6 Å². The van der Waals surface area contributed by atoms with Crippen molar-refractivity contribution in [2.45, 2.75) is 25.4 Å². The number of aliphatic hydroxyl groups excluding tert-OH is 2. The predicted molar refractivity (Wildman–Crippen MR) is 72.1 cm³/mol. The molecule has 2 rings (SSSR count). The molecule has 3 nitrogen and oxygen atoms in total. The van der Waals surface area contributed by atoms with E-state index in [2.05, 4.69) is 5.32 Å². The minimum Gasteiger partial charge on any atom is -0.396 e. The van der Waals surface area contributed by atoms with Crippen LogP contribution in [-0.4, -0.2) is 29.9 Å². The number of benzene rings is 1. The average Bonchev–Trinajstić information content (AvgIpc) is 2.86. The maximum atomic E-state index is 13.0. The van der Waals surface area contributed by atoms with Crippen molar-refractivity contribution in [3.8, 4) is 0 Å². The quantitative estimate of drug-likeness (QED) is 0.737. The Balaban J connectivity index is 1.76. The Morgan fingerprint density at radius 3 is 2.84 bits per heavy atom. The minimum atomic E-state index is -0.690. The lowest BCUT2D eigenvalue weighted by Gasteiger charge is -2.19. The zero-order valence-electron chi connectivity index (χ0n) is 11.1. The van der Waals surface area contributed by atoms with Crippen LogP contribution in [0.5, 0.6) is 0 Å². The molecular weight excluding hydrogens is 245 g/mol. The number of hydrogen-bond acceptors (Lipinski definition) is 3. The molecule has 3 atom stereocenters. The summed E-state index contributed by atoms with van der Waals surface area (Å²) in [6, 6.07) is 6.06. The van der Waals surface area contributed by atoms with Crippen molar-refractivity contribution in [1.29, 1.82) is 0 Å². The van der Waals surface area contributed by atoms with Crippen molar-refractivity contribution in [1.82, 2.24) is 5.32 Å². The van der Waals surface area contributed by atoms with Gasteiger partial charge in [0, 0.05) is 13.2 Å². The fourth-order valence-corrected chi connectivity index (χ4v) is 2.86. The highest BCUT2D eigenvalue weighted by Crippen LogP contribution is 2.30. The summed E-state index contributed by atoms with van der Waals surface area (Å²) in [7, 11) is 0. The smallest absolute Gasteiger partial charge is 0.123 e. The normalized spacial score (nSPS) is 24.6. The van der Waals surface area contributed by atoms with Gasteiger partial charge in [0.2, 0.25) is 0 Å². The zero-order valence-corrected chi connectivity index (χ0v) is 11.1. The van der Waals surface area contributed by atoms with Crippen molar-refractivity contribution >= 4 is 0 Å². The Morgan fingerprint density at radius 2 is 2.11 bits per heavy atom. The number of halogens is 1. The van der Waals surface area contributed by atoms with Crippen molar-refractivity contribution in [3.63, 3.8) is 0 Å². The van der Waals surface area contributed by atoms with Gasteiger partial charge in [0.05, 0.1) is 6.10 Å². The van der Waals surface area contributed by atoms with Crippen LogP contribution in [0, 0.1) is 17.7 Å². The molecule has 1 fully saturated rings. The average molecular weight is 267 g/mol. The Labute approximate surface area is 113 Å². The molecule has 1 aromatic carbocycles. The summed E-state index contributed by atoms with van der Waals surface area (Å²) in [4.78, 5) is 0. The van der Waals surface area contributed by atoms with Crippen LogP contribution in [0.25, 0.3) is 0 Å². The summed E-state index contributed by atoms with van der Waals surface area (Å²) < 4.78 is 13.0. The molecule has 1 aromatic rings. The fraction of sp³-hybridized carbons (Fsp3) is 0.600. The number of rotatable bonds is 6. The van der Waals surface area contributed by atoms with Gasteiger partial charge in [-0.25, -0.2) is 4.39 Å². The molecule has 0 spiro atoms. The Bertz CT molecular complexity index is 399. The van der Waals surface area contributed by atoms with Crippen LogP contribution in [0.1, 0.15) is 30.9 Å². The van der Waals surface area contributed by atoms with Gasteiger partial charge in [-0.2, -0.15) is 0 Å². The van der Waals surface area contributed by atoms with E-state index in [0.717, 1.165) is 19.4 Å². The molecule has 0 aromatic heterocycles. The first-order chi connectivity index (χ1) is 9.20. The molecule has 0 amide bonds. The summed E-state index contributed by atoms with van der Waals surface area (Å²) in [6.07, 6.45) is 2.71. The van der Waals surface area contributed by atoms with Gasteiger partial charge in [0.15, 0.2) is 0 Å². The van der Waals surface area contributed by atoms with Gasteiger partial charge < -0.3 is 15.5 Å². The molecule has 0 bridgehead atoms. The highest BCUT2D eigenvalue weighted by atomic mass is 19.1. The first-order valence-electron chi connectivity index (χ1n) is 6.96. The van der Waals surface area contributed by atoms with E-state index < -0.39 is 6.10 Å². The largest absolute Gasteiger partial charge is 0.396 e. The summed E-state index contributed by atoms with van der Waals surface area (Å²) in [5.41, 5.74) is 0.595. The van der Waals surface area contributed by atoms with Gasteiger partial charge in [-0.05, 0) is 48.9 Å². The van der Waals surface area contributed by atoms with E-state index in [9.17, 15) is 14.6 Å². The van der Waals surface area contributed by atoms with Gasteiger partial charge in [0.25, 0.3) is 0 Å². The predicted octanol–water partition coefficient (Wildman–Crippen LogP) is 1.86. The van der Waals surface area contributed by atoms with E-state index >= 15 is 0 Å². The monoisotopic (exact) mass is 267 g/mol. The van der Waals surface area contributed by atoms with Crippen LogP contribution >= 0.6 is 0 Å². The molecule has 0 radical (unpaired) electrons. The molecule has 1 aliphatic carbocycles. The molecule has 106 valence electrons. The van der Waals surface area contributed by atoms with Gasteiger partial charge in [-0.3, -0.25) is 0 Å². The zero-order chi connectivity index (χ0) is 13.7. The first kappa shape index (κ1) is 14.4. The van der Waals surface area contributed by atoms with Gasteiger partial charge >= 0.3 is 0 Å². The molecule has 0 aliphatic heterocycles. The third kappa shape index (κ3) is 4.00. The Kier molecular flexibility index (Phi) is 5.31. The maximum Gasteiger partial charge on any atom is 0.123 e. The number of aliphatic hydroxyl groups is 2. The lowest BCUT2D eigenvalue weighted by Crippen LogP contribution is -2.30. The van der Waals surface area contributed by atoms with Crippen molar-refractivity contribution in [2.24, 2.45) is 11.8 Å². The van der Waals surface area contributed by atoms with Gasteiger partial charge in [-0.15, -0.1) is 0 Å². The van der Waals surface area contributed by atoms with Gasteiger partial charge in [-0.1, -0.05) is 18.6 Å². The second kappa shape index (κ2) is 6.98. The lowest BCUT2D eigenvalue weighted by atomic mass is 9.97. The van der Waals surface area contributed by atoms with E-state index in [1.807, 2.05) is 0 Å². The van der Waals surface area contributed by atoms with Crippen LogP contribution in [0.2, 0.25) is 0 Å². The minimum absolute atomic E-state index is 0.249. The molecule has 3 N–H and O–H groups in total. The Hall–Kier alpha value is -0.970. The molecule has 3 unspecified atom stereocenters.